The van der Waals surface area contributed by atoms with E-state index in [9.17, 15) is 9.59 Å². The average Bonchev–Trinajstić information content (AvgIpc) is 2.38. The van der Waals surface area contributed by atoms with Crippen molar-refractivity contribution < 1.29 is 4.79 Å². The molecule has 4 nitrogen and oxygen atoms in total. The summed E-state index contributed by atoms with van der Waals surface area (Å²) < 4.78 is 0. The Morgan fingerprint density at radius 3 is 2.67 bits per heavy atom. The third kappa shape index (κ3) is 4.26. The molecule has 1 aromatic carbocycles. The minimum Gasteiger partial charge on any atom is -0.380 e. The Labute approximate surface area is 88.3 Å². The van der Waals surface area contributed by atoms with Crippen LogP contribution in [0.4, 0.5) is 5.69 Å². The van der Waals surface area contributed by atoms with Crippen LogP contribution in [-0.2, 0) is 4.79 Å². The number of nitrogens with one attached hydrogen (secondary N) is 2. The fourth-order valence-electron chi connectivity index (χ4n) is 1.11. The van der Waals surface area contributed by atoms with Gasteiger partial charge in [0.1, 0.15) is 0 Å². The van der Waals surface area contributed by atoms with Crippen LogP contribution in [0, 0.1) is 0 Å². The van der Waals surface area contributed by atoms with Gasteiger partial charge in [0.25, 0.3) is 0 Å². The topological polar surface area (TPSA) is 58.2 Å². The highest BCUT2D eigenvalue weighted by atomic mass is 16.1. The van der Waals surface area contributed by atoms with Crippen LogP contribution in [0.3, 0.4) is 0 Å². The van der Waals surface area contributed by atoms with Gasteiger partial charge in [0, 0.05) is 20.0 Å². The number of amides is 1. The van der Waals surface area contributed by atoms with E-state index in [1.165, 1.54) is 13.0 Å². The maximum atomic E-state index is 11.4. The van der Waals surface area contributed by atoms with Gasteiger partial charge in [-0.1, -0.05) is 18.2 Å². The highest BCUT2D eigenvalue weighted by Gasteiger charge is 1.94. The van der Waals surface area contributed by atoms with E-state index in [4.69, 9.17) is 0 Å². The van der Waals surface area contributed by atoms with Crippen molar-refractivity contribution in [2.45, 2.75) is 6.92 Å². The second-order valence-corrected chi connectivity index (χ2v) is 3.10. The maximum absolute atomic E-state index is 11.4. The molecule has 0 heterocycles. The van der Waals surface area contributed by atoms with Crippen molar-refractivity contribution >= 4 is 11.6 Å². The predicted octanol–water partition coefficient (Wildman–Crippen LogP) is 0.595. The molecule has 0 spiro atoms. The molecule has 1 rings (SSSR count). The van der Waals surface area contributed by atoms with Crippen LogP contribution in [0.5, 0.6) is 0 Å². The first-order chi connectivity index (χ1) is 7.20. The molecule has 1 amide bonds. The molecular weight excluding hydrogens is 192 g/mol. The number of hydrogen-bond acceptors (Lipinski definition) is 3. The summed E-state index contributed by atoms with van der Waals surface area (Å²) in [7, 11) is 0. The van der Waals surface area contributed by atoms with Gasteiger partial charge in [-0.05, 0) is 12.1 Å². The van der Waals surface area contributed by atoms with Crippen molar-refractivity contribution in [3.8, 4) is 0 Å². The Balaban J connectivity index is 2.48. The molecule has 0 saturated carbocycles. The molecule has 0 atom stereocenters. The number of carbonyl (C=O) groups excluding carboxylic acids is 1. The van der Waals surface area contributed by atoms with Crippen molar-refractivity contribution in [2.24, 2.45) is 0 Å². The summed E-state index contributed by atoms with van der Waals surface area (Å²) in [5.74, 6) is -0.0715. The smallest absolute Gasteiger partial charge is 0.216 e. The van der Waals surface area contributed by atoms with E-state index in [1.807, 2.05) is 0 Å². The largest absolute Gasteiger partial charge is 0.380 e. The first-order valence-corrected chi connectivity index (χ1v) is 4.78. The van der Waals surface area contributed by atoms with Crippen molar-refractivity contribution in [2.75, 3.05) is 18.4 Å². The number of carbonyl (C=O) groups is 1. The lowest BCUT2D eigenvalue weighted by Crippen LogP contribution is -2.27. The van der Waals surface area contributed by atoms with Gasteiger partial charge in [0.2, 0.25) is 11.3 Å². The van der Waals surface area contributed by atoms with E-state index in [0.717, 1.165) is 0 Å². The van der Waals surface area contributed by atoms with E-state index in [-0.39, 0.29) is 11.3 Å². The predicted molar refractivity (Wildman–Crippen MR) is 59.9 cm³/mol. The van der Waals surface area contributed by atoms with Crippen LogP contribution >= 0.6 is 0 Å². The van der Waals surface area contributed by atoms with Gasteiger partial charge in [0.15, 0.2) is 0 Å². The highest BCUT2D eigenvalue weighted by molar-refractivity contribution is 5.72. The van der Waals surface area contributed by atoms with Gasteiger partial charge in [0.05, 0.1) is 5.69 Å². The fraction of sp³-hybridized carbons (Fsp3) is 0.273. The molecule has 4 heteroatoms. The number of hydrogen-bond donors (Lipinski definition) is 2. The summed E-state index contributed by atoms with van der Waals surface area (Å²) in [4.78, 5) is 22.0. The molecule has 0 radical (unpaired) electrons. The van der Waals surface area contributed by atoms with Crippen LogP contribution in [0.15, 0.2) is 35.1 Å². The molecule has 1 aromatic rings. The second kappa shape index (κ2) is 5.80. The average molecular weight is 206 g/mol. The van der Waals surface area contributed by atoms with Gasteiger partial charge in [-0.25, -0.2) is 0 Å². The molecule has 15 heavy (non-hydrogen) atoms. The monoisotopic (exact) mass is 206 g/mol. The van der Waals surface area contributed by atoms with Gasteiger partial charge >= 0.3 is 0 Å². The highest BCUT2D eigenvalue weighted by Crippen LogP contribution is 1.95. The summed E-state index contributed by atoms with van der Waals surface area (Å²) in [5.41, 5.74) is 0.494. The standard InChI is InChI=1S/C11H14N2O2/c1-9(14)12-7-8-13-10-5-3-2-4-6-11(10)15/h2-6H,7-8H2,1H3,(H,12,14)(H,13,15). The summed E-state index contributed by atoms with van der Waals surface area (Å²) in [6.45, 7) is 2.51. The van der Waals surface area contributed by atoms with Gasteiger partial charge in [-0.2, -0.15) is 0 Å². The summed E-state index contributed by atoms with van der Waals surface area (Å²) >= 11 is 0. The first-order valence-electron chi connectivity index (χ1n) is 4.78. The lowest BCUT2D eigenvalue weighted by Gasteiger charge is -2.04. The van der Waals surface area contributed by atoms with Crippen LogP contribution in [0.2, 0.25) is 0 Å². The normalized spacial score (nSPS) is 9.40. The minimum absolute atomic E-state index is 0.0529. The molecule has 2 N–H and O–H groups in total. The summed E-state index contributed by atoms with van der Waals surface area (Å²) in [6.07, 6.45) is 0. The van der Waals surface area contributed by atoms with Crippen LogP contribution in [-0.4, -0.2) is 19.0 Å². The molecule has 0 unspecified atom stereocenters. The minimum atomic E-state index is -0.0715. The van der Waals surface area contributed by atoms with Gasteiger partial charge in [-0.3, -0.25) is 9.59 Å². The molecule has 0 aliphatic rings. The fourth-order valence-corrected chi connectivity index (χ4v) is 1.11. The zero-order valence-corrected chi connectivity index (χ0v) is 8.62. The first kappa shape index (κ1) is 11.2. The maximum Gasteiger partial charge on any atom is 0.216 e. The third-order valence-corrected chi connectivity index (χ3v) is 1.81. The van der Waals surface area contributed by atoms with Crippen molar-refractivity contribution in [3.63, 3.8) is 0 Å². The summed E-state index contributed by atoms with van der Waals surface area (Å²) in [6, 6.07) is 8.50. The lowest BCUT2D eigenvalue weighted by molar-refractivity contribution is -0.118. The van der Waals surface area contributed by atoms with E-state index >= 15 is 0 Å². The van der Waals surface area contributed by atoms with E-state index < -0.39 is 0 Å². The molecular formula is C11H14N2O2. The Morgan fingerprint density at radius 2 is 1.93 bits per heavy atom. The van der Waals surface area contributed by atoms with E-state index in [0.29, 0.717) is 18.8 Å². The van der Waals surface area contributed by atoms with E-state index in [1.54, 1.807) is 24.3 Å². The molecule has 0 bridgehead atoms. The van der Waals surface area contributed by atoms with Crippen LogP contribution in [0.1, 0.15) is 6.92 Å². The SMILES string of the molecule is CC(=O)NCCNc1cccccc1=O. The van der Waals surface area contributed by atoms with Gasteiger partial charge < -0.3 is 10.6 Å². The molecule has 80 valence electrons. The Hall–Kier alpha value is -1.84. The molecule has 0 aromatic heterocycles. The van der Waals surface area contributed by atoms with Gasteiger partial charge in [-0.15, -0.1) is 0 Å². The zero-order valence-electron chi connectivity index (χ0n) is 8.62. The quantitative estimate of drug-likeness (QED) is 0.709. The third-order valence-electron chi connectivity index (χ3n) is 1.81. The van der Waals surface area contributed by atoms with Crippen molar-refractivity contribution in [3.05, 3.63) is 40.6 Å². The zero-order chi connectivity index (χ0) is 11.1. The molecule has 0 aliphatic heterocycles. The van der Waals surface area contributed by atoms with Crippen molar-refractivity contribution in [1.82, 2.24) is 5.32 Å². The Morgan fingerprint density at radius 1 is 1.20 bits per heavy atom. The summed E-state index contributed by atoms with van der Waals surface area (Å²) in [5, 5.41) is 5.60. The van der Waals surface area contributed by atoms with Crippen LogP contribution < -0.4 is 16.1 Å². The molecule has 0 aliphatic carbocycles. The molecule has 0 saturated heterocycles. The second-order valence-electron chi connectivity index (χ2n) is 3.10. The molecule has 0 fully saturated rings. The van der Waals surface area contributed by atoms with Crippen molar-refractivity contribution in [1.29, 1.82) is 0 Å². The Bertz CT molecular complexity index is 390. The van der Waals surface area contributed by atoms with E-state index in [2.05, 4.69) is 10.6 Å². The number of rotatable bonds is 4. The number of anilines is 1. The Kier molecular flexibility index (Phi) is 4.34. The lowest BCUT2D eigenvalue weighted by atomic mass is 10.4. The van der Waals surface area contributed by atoms with Crippen LogP contribution in [0.25, 0.3) is 0 Å².